The Morgan fingerprint density at radius 2 is 1.95 bits per heavy atom. The van der Waals surface area contributed by atoms with Crippen molar-refractivity contribution in [3.63, 3.8) is 0 Å². The highest BCUT2D eigenvalue weighted by Crippen LogP contribution is 2.40. The van der Waals surface area contributed by atoms with Crippen molar-refractivity contribution in [3.05, 3.63) is 77.6 Å². The van der Waals surface area contributed by atoms with Crippen LogP contribution in [0.1, 0.15) is 42.9 Å². The van der Waals surface area contributed by atoms with E-state index in [1.807, 2.05) is 47.1 Å². The van der Waals surface area contributed by atoms with Gasteiger partial charge >= 0.3 is 5.97 Å². The number of carbonyl (C=O) groups is 1. The highest BCUT2D eigenvalue weighted by atomic mass is 16.5. The molecule has 1 aliphatic rings. The van der Waals surface area contributed by atoms with Gasteiger partial charge in [-0.2, -0.15) is 5.10 Å². The summed E-state index contributed by atoms with van der Waals surface area (Å²) >= 11 is 0. The van der Waals surface area contributed by atoms with Crippen molar-refractivity contribution in [3.8, 4) is 22.8 Å². The molecule has 8 heteroatoms. The second kappa shape index (κ2) is 10.8. The highest BCUT2D eigenvalue weighted by Gasteiger charge is 2.27. The Morgan fingerprint density at radius 1 is 1.13 bits per heavy atom. The molecule has 39 heavy (non-hydrogen) atoms. The third-order valence-electron chi connectivity index (χ3n) is 7.15. The van der Waals surface area contributed by atoms with Crippen LogP contribution in [-0.4, -0.2) is 45.7 Å². The van der Waals surface area contributed by atoms with Crippen LogP contribution < -0.4 is 9.47 Å². The zero-order chi connectivity index (χ0) is 26.8. The molecule has 0 atom stereocenters. The van der Waals surface area contributed by atoms with Gasteiger partial charge in [0.2, 0.25) is 5.88 Å². The van der Waals surface area contributed by atoms with Crippen LogP contribution in [0.25, 0.3) is 32.8 Å². The molecule has 1 aliphatic heterocycles. The maximum atomic E-state index is 13.0. The molecule has 3 aromatic carbocycles. The summed E-state index contributed by atoms with van der Waals surface area (Å²) in [6.07, 6.45) is 2.20. The predicted molar refractivity (Wildman–Crippen MR) is 151 cm³/mol. The number of rotatable bonds is 9. The molecule has 0 unspecified atom stereocenters. The summed E-state index contributed by atoms with van der Waals surface area (Å²) in [5.41, 5.74) is 4.27. The summed E-state index contributed by atoms with van der Waals surface area (Å²) < 4.78 is 19.4. The van der Waals surface area contributed by atoms with Crippen LogP contribution in [0.4, 0.5) is 0 Å². The number of para-hydroxylation sites is 1. The van der Waals surface area contributed by atoms with Gasteiger partial charge in [-0.3, -0.25) is 0 Å². The number of ether oxygens (including phenoxy) is 3. The zero-order valence-corrected chi connectivity index (χ0v) is 21.9. The van der Waals surface area contributed by atoms with Crippen LogP contribution >= 0.6 is 0 Å². The lowest BCUT2D eigenvalue weighted by molar-refractivity contribution is 0.0519. The van der Waals surface area contributed by atoms with E-state index in [0.29, 0.717) is 43.3 Å². The first-order chi connectivity index (χ1) is 19.2. The van der Waals surface area contributed by atoms with Gasteiger partial charge in [-0.1, -0.05) is 54.6 Å². The fourth-order valence-electron chi connectivity index (χ4n) is 5.43. The van der Waals surface area contributed by atoms with Crippen LogP contribution in [0.5, 0.6) is 11.6 Å². The van der Waals surface area contributed by atoms with Gasteiger partial charge in [0, 0.05) is 30.7 Å². The monoisotopic (exact) mass is 527 g/mol. The van der Waals surface area contributed by atoms with Crippen molar-refractivity contribution >= 4 is 27.6 Å². The zero-order valence-electron chi connectivity index (χ0n) is 21.9. The van der Waals surface area contributed by atoms with E-state index in [-0.39, 0.29) is 20.6 Å². The van der Waals surface area contributed by atoms with Gasteiger partial charge in [-0.25, -0.2) is 9.48 Å². The number of aliphatic hydroxyl groups is 1. The molecule has 2 N–H and O–H groups in total. The Bertz CT molecular complexity index is 1650. The number of fused-ring (bicyclic) bond motifs is 3. The van der Waals surface area contributed by atoms with Gasteiger partial charge in [0.05, 0.1) is 43.2 Å². The predicted octanol–water partition coefficient (Wildman–Crippen LogP) is 5.89. The van der Waals surface area contributed by atoms with Gasteiger partial charge in [0.1, 0.15) is 11.4 Å². The van der Waals surface area contributed by atoms with Crippen molar-refractivity contribution in [1.29, 1.82) is 0 Å². The SMILES string of the molecule is CCOC(=O)c1[nH]c2c(-c3c(CO)nn4c3OCCC4)cccc2c1CCCOc1cccc2ccccc12.[HH]. The molecule has 3 heterocycles. The molecule has 202 valence electrons. The van der Waals surface area contributed by atoms with E-state index in [1.54, 1.807) is 6.92 Å². The molecule has 0 bridgehead atoms. The highest BCUT2D eigenvalue weighted by molar-refractivity contribution is 6.04. The first-order valence-corrected chi connectivity index (χ1v) is 13.4. The van der Waals surface area contributed by atoms with Crippen molar-refractivity contribution in [2.75, 3.05) is 19.8 Å². The molecule has 0 amide bonds. The first kappa shape index (κ1) is 25.0. The second-order valence-corrected chi connectivity index (χ2v) is 9.57. The molecule has 0 aliphatic carbocycles. The topological polar surface area (TPSA) is 98.6 Å². The van der Waals surface area contributed by atoms with Gasteiger partial charge in [-0.15, -0.1) is 0 Å². The van der Waals surface area contributed by atoms with Crippen molar-refractivity contribution in [1.82, 2.24) is 14.8 Å². The number of benzene rings is 3. The lowest BCUT2D eigenvalue weighted by Gasteiger charge is -2.16. The Hall–Kier alpha value is -4.30. The molecule has 5 aromatic rings. The minimum absolute atomic E-state index is 0. The number of carbonyl (C=O) groups excluding carboxylic acids is 1. The Morgan fingerprint density at radius 3 is 2.82 bits per heavy atom. The summed E-state index contributed by atoms with van der Waals surface area (Å²) in [6.45, 7) is 3.71. The number of aliphatic hydroxyl groups excluding tert-OH is 1. The minimum Gasteiger partial charge on any atom is -0.493 e. The lowest BCUT2D eigenvalue weighted by Crippen LogP contribution is -2.15. The van der Waals surface area contributed by atoms with E-state index < -0.39 is 0 Å². The average molecular weight is 528 g/mol. The number of H-pyrrole nitrogens is 1. The van der Waals surface area contributed by atoms with Crippen LogP contribution in [0.2, 0.25) is 0 Å². The van der Waals surface area contributed by atoms with Gasteiger partial charge in [0.15, 0.2) is 0 Å². The summed E-state index contributed by atoms with van der Waals surface area (Å²) in [4.78, 5) is 16.4. The third kappa shape index (κ3) is 4.61. The van der Waals surface area contributed by atoms with Gasteiger partial charge in [-0.05, 0) is 36.8 Å². The van der Waals surface area contributed by atoms with Crippen molar-refractivity contribution in [2.24, 2.45) is 0 Å². The van der Waals surface area contributed by atoms with E-state index in [2.05, 4.69) is 28.3 Å². The molecule has 6 rings (SSSR count). The van der Waals surface area contributed by atoms with E-state index in [4.69, 9.17) is 14.2 Å². The van der Waals surface area contributed by atoms with Crippen molar-refractivity contribution in [2.45, 2.75) is 39.3 Å². The number of aromatic amines is 1. The van der Waals surface area contributed by atoms with Gasteiger partial charge in [0.25, 0.3) is 0 Å². The Labute approximate surface area is 227 Å². The average Bonchev–Trinajstić information content (AvgIpc) is 3.54. The summed E-state index contributed by atoms with van der Waals surface area (Å²) in [5.74, 6) is 1.11. The number of aryl methyl sites for hydroxylation is 2. The van der Waals surface area contributed by atoms with E-state index in [9.17, 15) is 9.90 Å². The number of hydrogen-bond donors (Lipinski definition) is 2. The van der Waals surface area contributed by atoms with Gasteiger partial charge < -0.3 is 24.3 Å². The molecule has 0 spiro atoms. The van der Waals surface area contributed by atoms with Crippen LogP contribution in [-0.2, 0) is 24.3 Å². The fourth-order valence-corrected chi connectivity index (χ4v) is 5.43. The summed E-state index contributed by atoms with van der Waals surface area (Å²) in [5, 5.41) is 17.8. The molecule has 2 aromatic heterocycles. The molecular formula is C31H33N3O5. The quantitative estimate of drug-likeness (QED) is 0.183. The maximum absolute atomic E-state index is 13.0. The van der Waals surface area contributed by atoms with Crippen molar-refractivity contribution < 1.29 is 25.5 Å². The lowest BCUT2D eigenvalue weighted by atomic mass is 9.99. The number of aromatic nitrogens is 3. The Balaban J connectivity index is 0.00000323. The normalized spacial score (nSPS) is 12.9. The number of esters is 1. The van der Waals surface area contributed by atoms with E-state index in [1.165, 1.54) is 0 Å². The van der Waals surface area contributed by atoms with E-state index >= 15 is 0 Å². The molecule has 0 saturated carbocycles. The van der Waals surface area contributed by atoms with Crippen LogP contribution in [0, 0.1) is 0 Å². The largest absolute Gasteiger partial charge is 0.493 e. The van der Waals surface area contributed by atoms with Crippen LogP contribution in [0.15, 0.2) is 60.7 Å². The smallest absolute Gasteiger partial charge is 0.355 e. The molecular weight excluding hydrogens is 494 g/mol. The number of nitrogens with one attached hydrogen (secondary N) is 1. The minimum atomic E-state index is -0.389. The second-order valence-electron chi connectivity index (χ2n) is 9.57. The molecule has 0 fully saturated rings. The third-order valence-corrected chi connectivity index (χ3v) is 7.15. The number of hydrogen-bond acceptors (Lipinski definition) is 6. The molecule has 8 nitrogen and oxygen atoms in total. The Kier molecular flexibility index (Phi) is 6.94. The number of nitrogens with zero attached hydrogens (tertiary/aromatic N) is 2. The van der Waals surface area contributed by atoms with E-state index in [0.717, 1.165) is 57.1 Å². The first-order valence-electron chi connectivity index (χ1n) is 13.4. The standard InChI is InChI=1S/C31H31N3O5.H2/c1-2-37-31(36)29-23(14-7-17-38-26-15-5-10-20-9-3-4-11-21(20)26)22-12-6-13-24(28(22)32-29)27-25(19-35)33-34-16-8-18-39-30(27)34;/h3-6,9-13,15,32,35H,2,7-8,14,16-19H2,1H3;1H. The molecule has 0 saturated heterocycles. The summed E-state index contributed by atoms with van der Waals surface area (Å²) in [7, 11) is 0. The summed E-state index contributed by atoms with van der Waals surface area (Å²) in [6, 6.07) is 20.2. The fraction of sp³-hybridized carbons (Fsp3) is 0.290. The van der Waals surface area contributed by atoms with Crippen LogP contribution in [0.3, 0.4) is 0 Å². The molecule has 0 radical (unpaired) electrons. The maximum Gasteiger partial charge on any atom is 0.355 e.